The number of esters is 1. The van der Waals surface area contributed by atoms with E-state index in [-0.39, 0.29) is 29.8 Å². The Morgan fingerprint density at radius 1 is 1.03 bits per heavy atom. The van der Waals surface area contributed by atoms with Crippen LogP contribution in [0.2, 0.25) is 0 Å². The monoisotopic (exact) mass is 425 g/mol. The molecular weight excluding hydrogens is 402 g/mol. The normalized spacial score (nSPS) is 10.7. The summed E-state index contributed by atoms with van der Waals surface area (Å²) in [6.45, 7) is 0.194. The summed E-state index contributed by atoms with van der Waals surface area (Å²) in [6.07, 6.45) is -0.112. The largest absolute Gasteiger partial charge is 0.497 e. The maximum atomic E-state index is 12.9. The third-order valence-corrected chi connectivity index (χ3v) is 4.99. The minimum atomic E-state index is -0.563. The van der Waals surface area contributed by atoms with E-state index >= 15 is 0 Å². The Balaban J connectivity index is 1.87. The van der Waals surface area contributed by atoms with Crippen LogP contribution in [0.25, 0.3) is 10.9 Å². The van der Waals surface area contributed by atoms with E-state index in [0.717, 1.165) is 15.9 Å². The van der Waals surface area contributed by atoms with Crippen LogP contribution < -0.4 is 21.3 Å². The van der Waals surface area contributed by atoms with E-state index in [0.29, 0.717) is 12.1 Å². The van der Waals surface area contributed by atoms with E-state index in [1.54, 1.807) is 31.4 Å². The van der Waals surface area contributed by atoms with E-state index < -0.39 is 17.2 Å². The summed E-state index contributed by atoms with van der Waals surface area (Å²) >= 11 is 0. The number of rotatable bonds is 7. The number of ether oxygens (including phenoxy) is 2. The van der Waals surface area contributed by atoms with Gasteiger partial charge in [-0.1, -0.05) is 12.1 Å². The summed E-state index contributed by atoms with van der Waals surface area (Å²) in [5.41, 5.74) is 0.472. The van der Waals surface area contributed by atoms with Crippen LogP contribution in [0, 0.1) is 0 Å². The molecule has 162 valence electrons. The van der Waals surface area contributed by atoms with Crippen LogP contribution in [0.15, 0.2) is 52.1 Å². The Bertz CT molecular complexity index is 1240. The second-order valence-electron chi connectivity index (χ2n) is 6.89. The molecule has 0 bridgehead atoms. The van der Waals surface area contributed by atoms with Crippen molar-refractivity contribution in [3.8, 4) is 5.75 Å². The number of fused-ring (bicyclic) bond motifs is 1. The number of carbonyl (C=O) groups excluding carboxylic acids is 2. The molecule has 3 rings (SSSR count). The van der Waals surface area contributed by atoms with Gasteiger partial charge >= 0.3 is 11.7 Å². The van der Waals surface area contributed by atoms with Crippen LogP contribution in [0.3, 0.4) is 0 Å². The lowest BCUT2D eigenvalue weighted by Gasteiger charge is -2.12. The van der Waals surface area contributed by atoms with Gasteiger partial charge in [0, 0.05) is 25.7 Å². The molecule has 0 saturated heterocycles. The van der Waals surface area contributed by atoms with Crippen molar-refractivity contribution in [1.82, 2.24) is 14.5 Å². The standard InChI is InChI=1S/C22H23N3O6/c1-24-18-9-6-15(20(27)23-13-14-4-7-16(30-2)8-5-14)12-17(18)21(28)25(22(24)29)11-10-19(26)31-3/h4-9,12H,10-11,13H2,1-3H3,(H,23,27). The van der Waals surface area contributed by atoms with E-state index in [1.807, 2.05) is 12.1 Å². The van der Waals surface area contributed by atoms with Crippen molar-refractivity contribution in [2.75, 3.05) is 14.2 Å². The average Bonchev–Trinajstić information content (AvgIpc) is 2.80. The molecule has 0 radical (unpaired) electrons. The number of carbonyl (C=O) groups is 2. The molecule has 2 aromatic carbocycles. The number of methoxy groups -OCH3 is 2. The molecule has 1 N–H and O–H groups in total. The fourth-order valence-electron chi connectivity index (χ4n) is 3.19. The highest BCUT2D eigenvalue weighted by Crippen LogP contribution is 2.13. The lowest BCUT2D eigenvalue weighted by molar-refractivity contribution is -0.140. The highest BCUT2D eigenvalue weighted by Gasteiger charge is 2.15. The summed E-state index contributed by atoms with van der Waals surface area (Å²) in [6, 6.07) is 11.9. The third kappa shape index (κ3) is 4.66. The first-order chi connectivity index (χ1) is 14.8. The predicted molar refractivity (Wildman–Crippen MR) is 114 cm³/mol. The van der Waals surface area contributed by atoms with Gasteiger partial charge in [0.05, 0.1) is 31.5 Å². The summed E-state index contributed by atoms with van der Waals surface area (Å²) in [5.74, 6) is -0.161. The van der Waals surface area contributed by atoms with E-state index in [9.17, 15) is 19.2 Å². The highest BCUT2D eigenvalue weighted by molar-refractivity contribution is 5.97. The zero-order chi connectivity index (χ0) is 22.5. The van der Waals surface area contributed by atoms with Crippen molar-refractivity contribution >= 4 is 22.8 Å². The zero-order valence-electron chi connectivity index (χ0n) is 17.5. The number of amides is 1. The number of hydrogen-bond acceptors (Lipinski definition) is 6. The van der Waals surface area contributed by atoms with Crippen LogP contribution in [-0.4, -0.2) is 35.2 Å². The van der Waals surface area contributed by atoms with Crippen LogP contribution in [0.1, 0.15) is 22.3 Å². The van der Waals surface area contributed by atoms with E-state index in [2.05, 4.69) is 10.1 Å². The van der Waals surface area contributed by atoms with Crippen LogP contribution >= 0.6 is 0 Å². The maximum Gasteiger partial charge on any atom is 0.331 e. The van der Waals surface area contributed by atoms with Crippen molar-refractivity contribution in [2.24, 2.45) is 7.05 Å². The van der Waals surface area contributed by atoms with Crippen molar-refractivity contribution in [1.29, 1.82) is 0 Å². The Morgan fingerprint density at radius 3 is 2.39 bits per heavy atom. The van der Waals surface area contributed by atoms with Crippen molar-refractivity contribution in [3.63, 3.8) is 0 Å². The van der Waals surface area contributed by atoms with Crippen LogP contribution in [-0.2, 0) is 29.7 Å². The Hall–Kier alpha value is -3.88. The van der Waals surface area contributed by atoms with Gasteiger partial charge in [-0.25, -0.2) is 4.79 Å². The molecule has 1 aromatic heterocycles. The number of aryl methyl sites for hydroxylation is 1. The minimum Gasteiger partial charge on any atom is -0.497 e. The zero-order valence-corrected chi connectivity index (χ0v) is 17.5. The summed E-state index contributed by atoms with van der Waals surface area (Å²) in [4.78, 5) is 49.4. The van der Waals surface area contributed by atoms with Crippen LogP contribution in [0.4, 0.5) is 0 Å². The average molecular weight is 425 g/mol. The van der Waals surface area contributed by atoms with E-state index in [1.165, 1.54) is 24.8 Å². The van der Waals surface area contributed by atoms with Gasteiger partial charge in [-0.3, -0.25) is 23.5 Å². The number of aromatic nitrogens is 2. The lowest BCUT2D eigenvalue weighted by Crippen LogP contribution is -2.39. The van der Waals surface area contributed by atoms with Crippen molar-refractivity contribution in [2.45, 2.75) is 19.5 Å². The molecule has 1 heterocycles. The molecule has 9 heteroatoms. The van der Waals surface area contributed by atoms with Gasteiger partial charge in [-0.05, 0) is 35.9 Å². The summed E-state index contributed by atoms with van der Waals surface area (Å²) in [7, 11) is 4.35. The van der Waals surface area contributed by atoms with Crippen molar-refractivity contribution in [3.05, 3.63) is 74.4 Å². The molecule has 0 spiro atoms. The smallest absolute Gasteiger partial charge is 0.331 e. The van der Waals surface area contributed by atoms with Gasteiger partial charge in [0.2, 0.25) is 0 Å². The van der Waals surface area contributed by atoms with Gasteiger partial charge in [0.25, 0.3) is 11.5 Å². The lowest BCUT2D eigenvalue weighted by atomic mass is 10.1. The highest BCUT2D eigenvalue weighted by atomic mass is 16.5. The van der Waals surface area contributed by atoms with Gasteiger partial charge in [0.15, 0.2) is 0 Å². The molecule has 1 amide bonds. The van der Waals surface area contributed by atoms with Gasteiger partial charge in [0.1, 0.15) is 5.75 Å². The number of benzene rings is 2. The molecule has 3 aromatic rings. The predicted octanol–water partition coefficient (Wildman–Crippen LogP) is 1.20. The van der Waals surface area contributed by atoms with Gasteiger partial charge in [-0.2, -0.15) is 0 Å². The first-order valence-electron chi connectivity index (χ1n) is 9.57. The van der Waals surface area contributed by atoms with Gasteiger partial charge < -0.3 is 14.8 Å². The molecule has 0 aliphatic heterocycles. The fourth-order valence-corrected chi connectivity index (χ4v) is 3.19. The number of hydrogen-bond donors (Lipinski definition) is 1. The fraction of sp³-hybridized carbons (Fsp3) is 0.273. The quantitative estimate of drug-likeness (QED) is 0.570. The molecular formula is C22H23N3O6. The van der Waals surface area contributed by atoms with Gasteiger partial charge in [-0.15, -0.1) is 0 Å². The number of nitrogens with zero attached hydrogens (tertiary/aromatic N) is 2. The molecule has 31 heavy (non-hydrogen) atoms. The third-order valence-electron chi connectivity index (χ3n) is 4.99. The Labute approximate surface area is 177 Å². The molecule has 0 fully saturated rings. The maximum absolute atomic E-state index is 12.9. The Kier molecular flexibility index (Phi) is 6.54. The van der Waals surface area contributed by atoms with E-state index in [4.69, 9.17) is 4.74 Å². The van der Waals surface area contributed by atoms with Crippen LogP contribution in [0.5, 0.6) is 5.75 Å². The number of nitrogens with one attached hydrogen (secondary N) is 1. The minimum absolute atomic E-state index is 0.109. The molecule has 0 aliphatic carbocycles. The van der Waals surface area contributed by atoms with Crippen molar-refractivity contribution < 1.29 is 19.1 Å². The Morgan fingerprint density at radius 2 is 1.74 bits per heavy atom. The first kappa shape index (κ1) is 21.8. The molecule has 0 unspecified atom stereocenters. The topological polar surface area (TPSA) is 109 Å². The SMILES string of the molecule is COC(=O)CCn1c(=O)c2cc(C(=O)NCc3ccc(OC)cc3)ccc2n(C)c1=O. The first-order valence-corrected chi connectivity index (χ1v) is 9.57. The molecule has 0 atom stereocenters. The second-order valence-corrected chi connectivity index (χ2v) is 6.89. The molecule has 0 saturated carbocycles. The molecule has 0 aliphatic rings. The summed E-state index contributed by atoms with van der Waals surface area (Å²) < 4.78 is 12.0. The summed E-state index contributed by atoms with van der Waals surface area (Å²) in [5, 5.41) is 3.02. The second kappa shape index (κ2) is 9.29. The molecule has 9 nitrogen and oxygen atoms in total.